The lowest BCUT2D eigenvalue weighted by Crippen LogP contribution is -2.21. The van der Waals surface area contributed by atoms with Gasteiger partial charge in [0.1, 0.15) is 12.4 Å². The molecule has 4 rings (SSSR count). The molecule has 3 N–H and O–H groups in total. The van der Waals surface area contributed by atoms with Gasteiger partial charge in [0.25, 0.3) is 0 Å². The zero-order chi connectivity index (χ0) is 20.7. The number of rotatable bonds is 4. The molecule has 8 nitrogen and oxygen atoms in total. The summed E-state index contributed by atoms with van der Waals surface area (Å²) < 4.78 is 17.2. The molecule has 29 heavy (non-hydrogen) atoms. The number of nitrogens with two attached hydrogens (primary N) is 1. The molecule has 1 amide bonds. The number of carbonyl (C=O) groups is 1. The van der Waals surface area contributed by atoms with Gasteiger partial charge in [0.05, 0.1) is 11.4 Å². The Labute approximate surface area is 166 Å². The van der Waals surface area contributed by atoms with E-state index < -0.39 is 5.82 Å². The third-order valence-electron chi connectivity index (χ3n) is 4.72. The normalized spacial score (nSPS) is 11.2. The summed E-state index contributed by atoms with van der Waals surface area (Å²) in [6.45, 7) is 5.52. The van der Waals surface area contributed by atoms with E-state index in [1.54, 1.807) is 34.5 Å². The van der Waals surface area contributed by atoms with Gasteiger partial charge < -0.3 is 11.1 Å². The average molecular weight is 393 g/mol. The fraction of sp³-hybridized carbons (Fsp3) is 0.200. The van der Waals surface area contributed by atoms with E-state index in [4.69, 9.17) is 5.73 Å². The van der Waals surface area contributed by atoms with E-state index in [1.165, 1.54) is 6.07 Å². The Morgan fingerprint density at radius 1 is 1.17 bits per heavy atom. The Bertz CT molecular complexity index is 1240. The topological polar surface area (TPSA) is 103 Å². The Morgan fingerprint density at radius 2 is 1.97 bits per heavy atom. The molecule has 0 saturated carbocycles. The van der Waals surface area contributed by atoms with Crippen LogP contribution in [0.15, 0.2) is 36.5 Å². The molecule has 0 aliphatic rings. The standard InChI is InChI=1S/C20H20FN7O/c1-11-4-5-16(15(21)8-11)23-18(29)10-28-13(3)19(12(2)25-28)14-6-7-27-17(9-14)24-20(22)26-27/h4-9H,10H2,1-3H3,(H2,22,26)(H,23,29). The summed E-state index contributed by atoms with van der Waals surface area (Å²) in [5.74, 6) is -0.620. The van der Waals surface area contributed by atoms with E-state index >= 15 is 0 Å². The van der Waals surface area contributed by atoms with Crippen molar-refractivity contribution in [3.63, 3.8) is 0 Å². The third kappa shape index (κ3) is 3.54. The van der Waals surface area contributed by atoms with Crippen LogP contribution in [-0.2, 0) is 11.3 Å². The summed E-state index contributed by atoms with van der Waals surface area (Å²) in [5.41, 5.74) is 10.6. The minimum atomic E-state index is -0.465. The molecule has 0 bridgehead atoms. The van der Waals surface area contributed by atoms with Gasteiger partial charge in [-0.1, -0.05) is 6.07 Å². The highest BCUT2D eigenvalue weighted by Crippen LogP contribution is 2.28. The monoisotopic (exact) mass is 393 g/mol. The van der Waals surface area contributed by atoms with Crippen molar-refractivity contribution in [2.75, 3.05) is 11.1 Å². The first-order valence-corrected chi connectivity index (χ1v) is 9.04. The summed E-state index contributed by atoms with van der Waals surface area (Å²) in [6, 6.07) is 8.43. The van der Waals surface area contributed by atoms with E-state index in [0.717, 1.165) is 28.1 Å². The number of nitrogens with one attached hydrogen (secondary N) is 1. The van der Waals surface area contributed by atoms with Gasteiger partial charge in [-0.05, 0) is 56.2 Å². The molecule has 0 aliphatic carbocycles. The molecular formula is C20H20FN7O. The van der Waals surface area contributed by atoms with Crippen LogP contribution >= 0.6 is 0 Å². The van der Waals surface area contributed by atoms with Crippen LogP contribution in [0.25, 0.3) is 16.8 Å². The van der Waals surface area contributed by atoms with Crippen LogP contribution in [0.5, 0.6) is 0 Å². The first-order valence-electron chi connectivity index (χ1n) is 9.04. The van der Waals surface area contributed by atoms with Crippen LogP contribution in [0.4, 0.5) is 16.0 Å². The van der Waals surface area contributed by atoms with Crippen molar-refractivity contribution in [2.45, 2.75) is 27.3 Å². The molecule has 0 unspecified atom stereocenters. The number of nitrogen functional groups attached to an aromatic ring is 1. The van der Waals surface area contributed by atoms with E-state index in [0.29, 0.717) is 5.65 Å². The molecule has 0 atom stereocenters. The number of amides is 1. The fourth-order valence-corrected chi connectivity index (χ4v) is 3.37. The van der Waals surface area contributed by atoms with Gasteiger partial charge >= 0.3 is 0 Å². The van der Waals surface area contributed by atoms with Crippen molar-refractivity contribution in [3.05, 3.63) is 59.3 Å². The van der Waals surface area contributed by atoms with Crippen molar-refractivity contribution in [3.8, 4) is 11.1 Å². The lowest BCUT2D eigenvalue weighted by Gasteiger charge is -2.09. The zero-order valence-corrected chi connectivity index (χ0v) is 16.3. The highest BCUT2D eigenvalue weighted by Gasteiger charge is 2.17. The number of pyridine rings is 1. The minimum Gasteiger partial charge on any atom is -0.366 e. The quantitative estimate of drug-likeness (QED) is 0.555. The summed E-state index contributed by atoms with van der Waals surface area (Å²) in [7, 11) is 0. The summed E-state index contributed by atoms with van der Waals surface area (Å²) in [6.07, 6.45) is 1.77. The molecule has 0 fully saturated rings. The molecule has 0 spiro atoms. The van der Waals surface area contributed by atoms with Gasteiger partial charge in [-0.3, -0.25) is 9.48 Å². The number of benzene rings is 1. The Morgan fingerprint density at radius 3 is 2.72 bits per heavy atom. The maximum absolute atomic E-state index is 14.0. The maximum Gasteiger partial charge on any atom is 0.246 e. The molecule has 9 heteroatoms. The van der Waals surface area contributed by atoms with Crippen LogP contribution in [-0.4, -0.2) is 30.3 Å². The Balaban J connectivity index is 1.60. The second-order valence-corrected chi connectivity index (χ2v) is 6.92. The molecular weight excluding hydrogens is 373 g/mol. The van der Waals surface area contributed by atoms with Crippen LogP contribution in [0, 0.1) is 26.6 Å². The van der Waals surface area contributed by atoms with Crippen molar-refractivity contribution >= 4 is 23.2 Å². The van der Waals surface area contributed by atoms with Crippen LogP contribution < -0.4 is 11.1 Å². The summed E-state index contributed by atoms with van der Waals surface area (Å²) in [5, 5.41) is 11.2. The summed E-state index contributed by atoms with van der Waals surface area (Å²) >= 11 is 0. The van der Waals surface area contributed by atoms with Gasteiger partial charge in [-0.2, -0.15) is 10.1 Å². The number of aryl methyl sites for hydroxylation is 2. The van der Waals surface area contributed by atoms with Crippen LogP contribution in [0.3, 0.4) is 0 Å². The lowest BCUT2D eigenvalue weighted by atomic mass is 10.1. The molecule has 3 heterocycles. The fourth-order valence-electron chi connectivity index (χ4n) is 3.37. The van der Waals surface area contributed by atoms with Crippen molar-refractivity contribution < 1.29 is 9.18 Å². The Kier molecular flexibility index (Phi) is 4.50. The molecule has 0 radical (unpaired) electrons. The average Bonchev–Trinajstić information content (AvgIpc) is 3.15. The van der Waals surface area contributed by atoms with E-state index in [1.807, 2.05) is 26.0 Å². The van der Waals surface area contributed by atoms with Crippen molar-refractivity contribution in [1.29, 1.82) is 0 Å². The second-order valence-electron chi connectivity index (χ2n) is 6.92. The predicted octanol–water partition coefficient (Wildman–Crippen LogP) is 2.88. The number of nitrogens with zero attached hydrogens (tertiary/aromatic N) is 5. The largest absolute Gasteiger partial charge is 0.366 e. The van der Waals surface area contributed by atoms with Crippen LogP contribution in [0.1, 0.15) is 17.0 Å². The van der Waals surface area contributed by atoms with Gasteiger partial charge in [-0.15, -0.1) is 5.10 Å². The molecule has 0 aliphatic heterocycles. The van der Waals surface area contributed by atoms with Gasteiger partial charge in [0, 0.05) is 17.5 Å². The number of fused-ring (bicyclic) bond motifs is 1. The van der Waals surface area contributed by atoms with E-state index in [9.17, 15) is 9.18 Å². The zero-order valence-electron chi connectivity index (χ0n) is 16.3. The van der Waals surface area contributed by atoms with E-state index in [-0.39, 0.29) is 24.1 Å². The van der Waals surface area contributed by atoms with Crippen molar-refractivity contribution in [1.82, 2.24) is 24.4 Å². The molecule has 1 aromatic carbocycles. The SMILES string of the molecule is Cc1ccc(NC(=O)Cn2nc(C)c(-c3ccn4nc(N)nc4c3)c2C)c(F)c1. The van der Waals surface area contributed by atoms with E-state index in [2.05, 4.69) is 20.5 Å². The molecule has 0 saturated heterocycles. The summed E-state index contributed by atoms with van der Waals surface area (Å²) in [4.78, 5) is 16.6. The van der Waals surface area contributed by atoms with Crippen LogP contribution in [0.2, 0.25) is 0 Å². The number of carbonyl (C=O) groups excluding carboxylic acids is 1. The number of aromatic nitrogens is 5. The Hall–Kier alpha value is -3.75. The maximum atomic E-state index is 14.0. The van der Waals surface area contributed by atoms with Gasteiger partial charge in [0.2, 0.25) is 11.9 Å². The number of halogens is 1. The number of hydrogen-bond acceptors (Lipinski definition) is 5. The molecule has 148 valence electrons. The predicted molar refractivity (Wildman–Crippen MR) is 108 cm³/mol. The smallest absolute Gasteiger partial charge is 0.246 e. The number of hydrogen-bond donors (Lipinski definition) is 2. The van der Waals surface area contributed by atoms with Crippen molar-refractivity contribution in [2.24, 2.45) is 0 Å². The minimum absolute atomic E-state index is 0.0277. The first-order chi connectivity index (χ1) is 13.8. The second kappa shape index (κ2) is 7.01. The number of anilines is 2. The van der Waals surface area contributed by atoms with Gasteiger partial charge in [-0.25, -0.2) is 8.91 Å². The highest BCUT2D eigenvalue weighted by molar-refractivity contribution is 5.90. The molecule has 4 aromatic rings. The first kappa shape index (κ1) is 18.6. The lowest BCUT2D eigenvalue weighted by molar-refractivity contribution is -0.117. The third-order valence-corrected chi connectivity index (χ3v) is 4.72. The van der Waals surface area contributed by atoms with Gasteiger partial charge in [0.15, 0.2) is 5.65 Å². The highest BCUT2D eigenvalue weighted by atomic mass is 19.1. The molecule has 3 aromatic heterocycles.